The number of carbonyl (C=O) groups is 3. The molecular formula is C43H68O7. The summed E-state index contributed by atoms with van der Waals surface area (Å²) < 4.78 is 17.9. The lowest BCUT2D eigenvalue weighted by molar-refractivity contribution is -0.115. The fourth-order valence-electron chi connectivity index (χ4n) is 2.28. The SMILES string of the molecule is CC.CC.CC.CC(C)=O.CCC.COC.COC(=O)Oc1cccc(C)c1.COC(=O)c1ccccc1.c1ccccc1.c1ccccc1. The van der Waals surface area contributed by atoms with Crippen LogP contribution < -0.4 is 4.74 Å². The molecule has 50 heavy (non-hydrogen) atoms. The largest absolute Gasteiger partial charge is 0.513 e. The predicted molar refractivity (Wildman–Crippen MR) is 214 cm³/mol. The maximum Gasteiger partial charge on any atom is 0.513 e. The first kappa shape index (κ1) is 57.5. The molecule has 4 rings (SSSR count). The molecule has 0 fully saturated rings. The Morgan fingerprint density at radius 1 is 0.520 bits per heavy atom. The van der Waals surface area contributed by atoms with Crippen LogP contribution in [0, 0.1) is 6.92 Å². The number of Topliss-reactive ketones (excluding diaryl/α,β-unsaturated/α-hetero) is 1. The zero-order valence-electron chi connectivity index (χ0n) is 33.7. The van der Waals surface area contributed by atoms with Gasteiger partial charge in [0.2, 0.25) is 0 Å². The van der Waals surface area contributed by atoms with Crippen molar-refractivity contribution in [2.45, 2.75) is 82.6 Å². The molecule has 0 amide bonds. The number of rotatable bonds is 2. The van der Waals surface area contributed by atoms with Crippen molar-refractivity contribution in [1.29, 1.82) is 0 Å². The molecule has 282 valence electrons. The first-order valence-electron chi connectivity index (χ1n) is 17.0. The minimum atomic E-state index is -0.694. The maximum atomic E-state index is 10.8. The van der Waals surface area contributed by atoms with E-state index in [0.717, 1.165) is 5.56 Å². The van der Waals surface area contributed by atoms with Gasteiger partial charge in [0.05, 0.1) is 19.8 Å². The van der Waals surface area contributed by atoms with Gasteiger partial charge >= 0.3 is 12.1 Å². The molecule has 0 aliphatic heterocycles. The topological polar surface area (TPSA) is 88.1 Å². The van der Waals surface area contributed by atoms with E-state index >= 15 is 0 Å². The van der Waals surface area contributed by atoms with E-state index < -0.39 is 6.16 Å². The summed E-state index contributed by atoms with van der Waals surface area (Å²) in [5.74, 6) is 0.377. The summed E-state index contributed by atoms with van der Waals surface area (Å²) in [7, 11) is 5.90. The van der Waals surface area contributed by atoms with Crippen LogP contribution >= 0.6 is 0 Å². The van der Waals surface area contributed by atoms with Crippen LogP contribution in [0.15, 0.2) is 127 Å². The van der Waals surface area contributed by atoms with Crippen LogP contribution in [0.3, 0.4) is 0 Å². The second kappa shape index (κ2) is 53.7. The first-order valence-corrected chi connectivity index (χ1v) is 17.0. The van der Waals surface area contributed by atoms with Gasteiger partial charge in [0.1, 0.15) is 11.5 Å². The van der Waals surface area contributed by atoms with E-state index in [1.807, 2.05) is 139 Å². The fourth-order valence-corrected chi connectivity index (χ4v) is 2.28. The number of hydrogen-bond acceptors (Lipinski definition) is 7. The lowest BCUT2D eigenvalue weighted by Gasteiger charge is -2.01. The summed E-state index contributed by atoms with van der Waals surface area (Å²) >= 11 is 0. The molecule has 0 saturated heterocycles. The molecule has 0 bridgehead atoms. The van der Waals surface area contributed by atoms with E-state index in [1.165, 1.54) is 34.5 Å². The van der Waals surface area contributed by atoms with Crippen LogP contribution in [-0.4, -0.2) is 46.3 Å². The van der Waals surface area contributed by atoms with Crippen LogP contribution in [0.5, 0.6) is 5.75 Å². The zero-order valence-corrected chi connectivity index (χ0v) is 33.7. The molecule has 7 heteroatoms. The molecule has 0 unspecified atom stereocenters. The van der Waals surface area contributed by atoms with Crippen LogP contribution in [0.1, 0.15) is 91.6 Å². The molecule has 0 aliphatic rings. The van der Waals surface area contributed by atoms with Crippen molar-refractivity contribution in [3.8, 4) is 5.75 Å². The van der Waals surface area contributed by atoms with E-state index in [0.29, 0.717) is 11.3 Å². The summed E-state index contributed by atoms with van der Waals surface area (Å²) in [5, 5.41) is 0. The average molecular weight is 697 g/mol. The smallest absolute Gasteiger partial charge is 0.465 e. The molecular weight excluding hydrogens is 628 g/mol. The first-order chi connectivity index (χ1) is 24.1. The van der Waals surface area contributed by atoms with Crippen molar-refractivity contribution < 1.29 is 33.3 Å². The Morgan fingerprint density at radius 2 is 0.820 bits per heavy atom. The van der Waals surface area contributed by atoms with E-state index in [2.05, 4.69) is 28.1 Å². The number of carbonyl (C=O) groups excluding carboxylic acids is 3. The molecule has 0 spiro atoms. The standard InChI is InChI=1S/C9H10O3.C8H8O2.2C6H6.C3H6O.C3H8.C2H6O.3C2H6/c1-7-4-3-5-8(6-7)12-9(10)11-2;1-10-8(9)7-5-3-2-4-6-7;2*1-2-4-6-5-3-1;1-3(2)4;2*1-3-2;3*1-2/h3-6H,1-2H3;2-6H,1H3;2*1-6H;1-2H3;3H2,1-2H3;1-2H3;3*1-2H3. The van der Waals surface area contributed by atoms with Gasteiger partial charge in [0.15, 0.2) is 0 Å². The molecule has 0 atom stereocenters. The van der Waals surface area contributed by atoms with E-state index in [9.17, 15) is 14.4 Å². The van der Waals surface area contributed by atoms with Gasteiger partial charge < -0.3 is 23.7 Å². The lowest BCUT2D eigenvalue weighted by Crippen LogP contribution is -2.06. The fraction of sp³-hybridized carbons (Fsp3) is 0.372. The number of benzene rings is 4. The van der Waals surface area contributed by atoms with Gasteiger partial charge in [-0.2, -0.15) is 0 Å². The molecule has 0 aromatic heterocycles. The van der Waals surface area contributed by atoms with Crippen LogP contribution in [0.4, 0.5) is 4.79 Å². The van der Waals surface area contributed by atoms with Crippen molar-refractivity contribution >= 4 is 17.9 Å². The summed E-state index contributed by atoms with van der Waals surface area (Å²) in [6, 6.07) is 40.1. The number of hydrogen-bond donors (Lipinski definition) is 0. The van der Waals surface area contributed by atoms with E-state index in [-0.39, 0.29) is 11.8 Å². The monoisotopic (exact) mass is 696 g/mol. The number of aryl methyl sites for hydroxylation is 1. The summed E-state index contributed by atoms with van der Waals surface area (Å²) in [4.78, 5) is 30.9. The van der Waals surface area contributed by atoms with Crippen molar-refractivity contribution in [2.24, 2.45) is 0 Å². The van der Waals surface area contributed by atoms with E-state index in [1.54, 1.807) is 50.6 Å². The molecule has 4 aromatic carbocycles. The third-order valence-corrected chi connectivity index (χ3v) is 3.89. The third kappa shape index (κ3) is 55.6. The molecule has 0 heterocycles. The Kier molecular flexibility index (Phi) is 61.8. The maximum absolute atomic E-state index is 10.8. The van der Waals surface area contributed by atoms with Gasteiger partial charge in [-0.25, -0.2) is 9.59 Å². The second-order valence-electron chi connectivity index (χ2n) is 8.56. The molecule has 7 nitrogen and oxygen atoms in total. The molecule has 0 saturated carbocycles. The second-order valence-corrected chi connectivity index (χ2v) is 8.56. The molecule has 0 N–H and O–H groups in total. The van der Waals surface area contributed by atoms with Crippen molar-refractivity contribution in [3.63, 3.8) is 0 Å². The highest BCUT2D eigenvalue weighted by molar-refractivity contribution is 5.89. The summed E-state index contributed by atoms with van der Waals surface area (Å²) in [5.41, 5.74) is 1.63. The highest BCUT2D eigenvalue weighted by atomic mass is 16.7. The summed E-state index contributed by atoms with van der Waals surface area (Å²) in [6.07, 6.45) is 0.556. The number of esters is 1. The van der Waals surface area contributed by atoms with Crippen molar-refractivity contribution in [3.05, 3.63) is 139 Å². The van der Waals surface area contributed by atoms with Gasteiger partial charge in [0, 0.05) is 14.2 Å². The Bertz CT molecular complexity index is 1080. The van der Waals surface area contributed by atoms with Crippen molar-refractivity contribution in [1.82, 2.24) is 0 Å². The normalized spacial score (nSPS) is 7.50. The summed E-state index contributed by atoms with van der Waals surface area (Å²) in [6.45, 7) is 21.2. The van der Waals surface area contributed by atoms with Gasteiger partial charge in [-0.05, 0) is 50.6 Å². The van der Waals surface area contributed by atoms with E-state index in [4.69, 9.17) is 4.74 Å². The Labute approximate surface area is 306 Å². The molecule has 0 aliphatic carbocycles. The van der Waals surface area contributed by atoms with Crippen LogP contribution in [0.2, 0.25) is 0 Å². The number of methoxy groups -OCH3 is 3. The van der Waals surface area contributed by atoms with Gasteiger partial charge in [-0.15, -0.1) is 0 Å². The number of ether oxygens (including phenoxy) is 4. The average Bonchev–Trinajstić information content (AvgIpc) is 3.17. The lowest BCUT2D eigenvalue weighted by atomic mass is 10.2. The number of ketones is 1. The minimum Gasteiger partial charge on any atom is -0.465 e. The third-order valence-electron chi connectivity index (χ3n) is 3.89. The molecule has 0 radical (unpaired) electrons. The Morgan fingerprint density at radius 3 is 1.08 bits per heavy atom. The quantitative estimate of drug-likeness (QED) is 0.152. The predicted octanol–water partition coefficient (Wildman–Crippen LogP) is 12.3. The Hall–Kier alpha value is -4.75. The van der Waals surface area contributed by atoms with Gasteiger partial charge in [-0.1, -0.05) is 165 Å². The molecule has 4 aromatic rings. The highest BCUT2D eigenvalue weighted by Crippen LogP contribution is 2.12. The highest BCUT2D eigenvalue weighted by Gasteiger charge is 2.02. The van der Waals surface area contributed by atoms with Gasteiger partial charge in [-0.3, -0.25) is 0 Å². The Balaban J connectivity index is -0.000000116. The minimum absolute atomic E-state index is 0.167. The van der Waals surface area contributed by atoms with Crippen LogP contribution in [-0.2, 0) is 19.0 Å². The van der Waals surface area contributed by atoms with Crippen molar-refractivity contribution in [2.75, 3.05) is 28.4 Å². The zero-order chi connectivity index (χ0) is 39.8. The van der Waals surface area contributed by atoms with Gasteiger partial charge in [0.25, 0.3) is 0 Å². The van der Waals surface area contributed by atoms with Crippen LogP contribution in [0.25, 0.3) is 0 Å².